The minimum Gasteiger partial charge on any atom is -0.368 e. The predicted molar refractivity (Wildman–Crippen MR) is 122 cm³/mol. The van der Waals surface area contributed by atoms with Gasteiger partial charge in [-0.15, -0.1) is 11.3 Å². The number of anilines is 2. The highest BCUT2D eigenvalue weighted by atomic mass is 32.1. The highest BCUT2D eigenvalue weighted by molar-refractivity contribution is 7.15. The standard InChI is InChI=1S/C21H20N8OS/c1-10-5-4-6-13(7-10)14-15(26-21-29(19(14)30)11(2)8-31-21)12(3)25-18-16-17(24-9-23-16)27-20(22)28-18/h4-9,12H,1-3H3,(H4,22,23,24,25,27,28). The summed E-state index contributed by atoms with van der Waals surface area (Å²) in [6.07, 6.45) is 1.54. The number of rotatable bonds is 4. The maximum atomic E-state index is 13.6. The molecule has 4 aromatic heterocycles. The van der Waals surface area contributed by atoms with Crippen molar-refractivity contribution < 1.29 is 0 Å². The Hall–Kier alpha value is -3.79. The number of aromatic amines is 1. The molecule has 0 aliphatic heterocycles. The van der Waals surface area contributed by atoms with Crippen molar-refractivity contribution in [2.75, 3.05) is 11.1 Å². The lowest BCUT2D eigenvalue weighted by Gasteiger charge is -2.18. The van der Waals surface area contributed by atoms with Crippen molar-refractivity contribution in [1.29, 1.82) is 0 Å². The van der Waals surface area contributed by atoms with E-state index >= 15 is 0 Å². The van der Waals surface area contributed by atoms with Gasteiger partial charge in [0.15, 0.2) is 16.4 Å². The second-order valence-electron chi connectivity index (χ2n) is 7.44. The number of H-pyrrole nitrogens is 1. The summed E-state index contributed by atoms with van der Waals surface area (Å²) in [6.45, 7) is 5.86. The van der Waals surface area contributed by atoms with Gasteiger partial charge in [0.2, 0.25) is 5.95 Å². The normalized spacial score (nSPS) is 12.5. The van der Waals surface area contributed by atoms with Crippen LogP contribution in [-0.4, -0.2) is 29.3 Å². The molecule has 1 aromatic carbocycles. The Kier molecular flexibility index (Phi) is 4.44. The highest BCUT2D eigenvalue weighted by Gasteiger charge is 2.22. The maximum Gasteiger partial charge on any atom is 0.266 e. The molecule has 10 heteroatoms. The number of hydrogen-bond donors (Lipinski definition) is 3. The molecule has 0 amide bonds. The van der Waals surface area contributed by atoms with Gasteiger partial charge in [-0.05, 0) is 26.3 Å². The Bertz CT molecular complexity index is 1500. The van der Waals surface area contributed by atoms with E-state index in [2.05, 4.69) is 25.3 Å². The average molecular weight is 433 g/mol. The van der Waals surface area contributed by atoms with Gasteiger partial charge in [0.25, 0.3) is 5.56 Å². The number of nitrogen functional groups attached to an aromatic ring is 1. The van der Waals surface area contributed by atoms with Crippen molar-refractivity contribution in [3.63, 3.8) is 0 Å². The van der Waals surface area contributed by atoms with E-state index in [0.29, 0.717) is 33.2 Å². The Morgan fingerprint density at radius 3 is 2.87 bits per heavy atom. The molecule has 0 spiro atoms. The molecule has 31 heavy (non-hydrogen) atoms. The van der Waals surface area contributed by atoms with Crippen LogP contribution in [0.4, 0.5) is 11.8 Å². The molecule has 0 fully saturated rings. The molecule has 5 aromatic rings. The summed E-state index contributed by atoms with van der Waals surface area (Å²) in [7, 11) is 0. The predicted octanol–water partition coefficient (Wildman–Crippen LogP) is 3.46. The average Bonchev–Trinajstić information content (AvgIpc) is 3.34. The Labute approximate surface area is 181 Å². The second-order valence-corrected chi connectivity index (χ2v) is 8.28. The fourth-order valence-electron chi connectivity index (χ4n) is 3.71. The summed E-state index contributed by atoms with van der Waals surface area (Å²) in [5, 5.41) is 5.28. The third-order valence-electron chi connectivity index (χ3n) is 5.14. The Balaban J connectivity index is 1.70. The van der Waals surface area contributed by atoms with Gasteiger partial charge in [0.05, 0.1) is 23.6 Å². The minimum atomic E-state index is -0.337. The van der Waals surface area contributed by atoms with Gasteiger partial charge >= 0.3 is 0 Å². The first kappa shape index (κ1) is 19.2. The zero-order valence-electron chi connectivity index (χ0n) is 17.2. The van der Waals surface area contributed by atoms with Crippen molar-refractivity contribution in [3.8, 4) is 11.1 Å². The lowest BCUT2D eigenvalue weighted by molar-refractivity contribution is 0.826. The van der Waals surface area contributed by atoms with Crippen LogP contribution in [0.1, 0.15) is 29.9 Å². The summed E-state index contributed by atoms with van der Waals surface area (Å²) in [5.41, 5.74) is 10.8. The number of fused-ring (bicyclic) bond motifs is 2. The number of aryl methyl sites for hydroxylation is 2. The van der Waals surface area contributed by atoms with Crippen LogP contribution in [0.3, 0.4) is 0 Å². The molecule has 0 saturated carbocycles. The van der Waals surface area contributed by atoms with E-state index in [4.69, 9.17) is 10.7 Å². The van der Waals surface area contributed by atoms with E-state index < -0.39 is 0 Å². The molecular weight excluding hydrogens is 412 g/mol. The number of imidazole rings is 1. The number of nitrogens with one attached hydrogen (secondary N) is 2. The van der Waals surface area contributed by atoms with Crippen molar-refractivity contribution in [1.82, 2.24) is 29.3 Å². The minimum absolute atomic E-state index is 0.0908. The van der Waals surface area contributed by atoms with Crippen LogP contribution in [-0.2, 0) is 0 Å². The van der Waals surface area contributed by atoms with Gasteiger partial charge in [-0.3, -0.25) is 9.20 Å². The molecule has 0 aliphatic rings. The van der Waals surface area contributed by atoms with Gasteiger partial charge in [-0.2, -0.15) is 9.97 Å². The monoisotopic (exact) mass is 432 g/mol. The van der Waals surface area contributed by atoms with E-state index in [1.807, 2.05) is 50.4 Å². The molecule has 4 N–H and O–H groups in total. The number of hydrogen-bond acceptors (Lipinski definition) is 8. The first-order chi connectivity index (χ1) is 14.9. The molecule has 1 unspecified atom stereocenters. The van der Waals surface area contributed by atoms with Crippen LogP contribution >= 0.6 is 11.3 Å². The third kappa shape index (κ3) is 3.21. The first-order valence-corrected chi connectivity index (χ1v) is 10.6. The molecule has 0 bridgehead atoms. The molecule has 5 rings (SSSR count). The van der Waals surface area contributed by atoms with Crippen LogP contribution in [0.15, 0.2) is 40.8 Å². The van der Waals surface area contributed by atoms with Crippen LogP contribution in [0, 0.1) is 13.8 Å². The topological polar surface area (TPSA) is 127 Å². The van der Waals surface area contributed by atoms with Crippen LogP contribution in [0.25, 0.3) is 27.3 Å². The van der Waals surface area contributed by atoms with E-state index in [0.717, 1.165) is 16.8 Å². The highest BCUT2D eigenvalue weighted by Crippen LogP contribution is 2.30. The van der Waals surface area contributed by atoms with E-state index in [1.54, 1.807) is 4.40 Å². The third-order valence-corrected chi connectivity index (χ3v) is 6.08. The number of thiazole rings is 1. The molecule has 4 heterocycles. The van der Waals surface area contributed by atoms with Crippen molar-refractivity contribution >= 4 is 39.2 Å². The van der Waals surface area contributed by atoms with Gasteiger partial charge < -0.3 is 16.0 Å². The quantitative estimate of drug-likeness (QED) is 0.397. The molecule has 9 nitrogen and oxygen atoms in total. The zero-order chi connectivity index (χ0) is 21.7. The second kappa shape index (κ2) is 7.17. The SMILES string of the molecule is Cc1cccc(-c2c(C(C)Nc3nc(N)nc4nc[nH]c34)nc3scc(C)n3c2=O)c1. The Morgan fingerprint density at radius 1 is 1.23 bits per heavy atom. The van der Waals surface area contributed by atoms with Crippen LogP contribution in [0.5, 0.6) is 0 Å². The molecule has 156 valence electrons. The molecule has 0 aliphatic carbocycles. The lowest BCUT2D eigenvalue weighted by Crippen LogP contribution is -2.23. The molecule has 0 radical (unpaired) electrons. The molecule has 1 atom stereocenters. The van der Waals surface area contributed by atoms with Crippen molar-refractivity contribution in [2.45, 2.75) is 26.8 Å². The Morgan fingerprint density at radius 2 is 2.06 bits per heavy atom. The molecular formula is C21H20N8OS. The number of aromatic nitrogens is 6. The summed E-state index contributed by atoms with van der Waals surface area (Å²) >= 11 is 1.44. The first-order valence-electron chi connectivity index (χ1n) is 9.73. The number of benzene rings is 1. The summed E-state index contributed by atoms with van der Waals surface area (Å²) in [5.74, 6) is 0.623. The van der Waals surface area contributed by atoms with Crippen LogP contribution < -0.4 is 16.6 Å². The van der Waals surface area contributed by atoms with Crippen molar-refractivity contribution in [2.24, 2.45) is 0 Å². The smallest absolute Gasteiger partial charge is 0.266 e. The van der Waals surface area contributed by atoms with Crippen molar-refractivity contribution in [3.05, 3.63) is 63.3 Å². The van der Waals surface area contributed by atoms with Gasteiger partial charge in [-0.25, -0.2) is 9.97 Å². The van der Waals surface area contributed by atoms with Gasteiger partial charge in [0.1, 0.15) is 5.52 Å². The van der Waals surface area contributed by atoms with E-state index in [9.17, 15) is 4.79 Å². The summed E-state index contributed by atoms with van der Waals surface area (Å²) < 4.78 is 1.66. The summed E-state index contributed by atoms with van der Waals surface area (Å²) in [4.78, 5) is 34.7. The lowest BCUT2D eigenvalue weighted by atomic mass is 10.00. The number of nitrogens with zero attached hydrogens (tertiary/aromatic N) is 5. The fourth-order valence-corrected chi connectivity index (χ4v) is 4.58. The van der Waals surface area contributed by atoms with Gasteiger partial charge in [0, 0.05) is 11.1 Å². The maximum absolute atomic E-state index is 13.6. The number of nitrogens with two attached hydrogens (primary N) is 1. The van der Waals surface area contributed by atoms with Crippen LogP contribution in [0.2, 0.25) is 0 Å². The molecule has 0 saturated heterocycles. The van der Waals surface area contributed by atoms with Gasteiger partial charge in [-0.1, -0.05) is 29.8 Å². The fraction of sp³-hybridized carbons (Fsp3) is 0.190. The zero-order valence-corrected chi connectivity index (χ0v) is 18.0. The van der Waals surface area contributed by atoms with E-state index in [1.165, 1.54) is 17.7 Å². The van der Waals surface area contributed by atoms with E-state index in [-0.39, 0.29) is 17.5 Å². The largest absolute Gasteiger partial charge is 0.368 e. The summed E-state index contributed by atoms with van der Waals surface area (Å²) in [6, 6.07) is 7.55.